The van der Waals surface area contributed by atoms with E-state index < -0.39 is 6.10 Å². The van der Waals surface area contributed by atoms with Crippen LogP contribution in [0.5, 0.6) is 11.5 Å². The summed E-state index contributed by atoms with van der Waals surface area (Å²) in [4.78, 5) is 4.70. The van der Waals surface area contributed by atoms with Gasteiger partial charge in [0.1, 0.15) is 0 Å². The smallest absolute Gasteiger partial charge is 0.161 e. The highest BCUT2D eigenvalue weighted by Crippen LogP contribution is 2.28. The molecule has 1 aliphatic rings. The number of benzene rings is 2. The molecule has 2 aromatic carbocycles. The second-order valence-corrected chi connectivity index (χ2v) is 7.54. The van der Waals surface area contributed by atoms with E-state index in [4.69, 9.17) is 14.2 Å². The predicted octanol–water partition coefficient (Wildman–Crippen LogP) is 2.57. The van der Waals surface area contributed by atoms with Crippen molar-refractivity contribution in [3.05, 3.63) is 59.7 Å². The fourth-order valence-electron chi connectivity index (χ4n) is 3.77. The maximum absolute atomic E-state index is 10.6. The van der Waals surface area contributed by atoms with Gasteiger partial charge in [-0.15, -0.1) is 0 Å². The Hall–Kier alpha value is -2.12. The van der Waals surface area contributed by atoms with Crippen molar-refractivity contribution in [2.24, 2.45) is 0 Å². The third-order valence-electron chi connectivity index (χ3n) is 5.35. The fraction of sp³-hybridized carbons (Fsp3) is 0.478. The van der Waals surface area contributed by atoms with Crippen molar-refractivity contribution in [1.29, 1.82) is 0 Å². The van der Waals surface area contributed by atoms with Gasteiger partial charge in [-0.1, -0.05) is 36.4 Å². The summed E-state index contributed by atoms with van der Waals surface area (Å²) in [7, 11) is 5.38. The number of hydrogen-bond donors (Lipinski definition) is 1. The minimum atomic E-state index is -0.537. The largest absolute Gasteiger partial charge is 0.493 e. The number of methoxy groups -OCH3 is 2. The molecule has 0 aromatic heterocycles. The third-order valence-corrected chi connectivity index (χ3v) is 5.35. The molecular formula is C23H32N2O4. The van der Waals surface area contributed by atoms with Crippen LogP contribution in [0.4, 0.5) is 0 Å². The molecule has 6 heteroatoms. The van der Waals surface area contributed by atoms with Gasteiger partial charge in [-0.3, -0.25) is 4.90 Å². The van der Waals surface area contributed by atoms with Gasteiger partial charge in [0.25, 0.3) is 0 Å². The number of aliphatic hydroxyl groups is 1. The van der Waals surface area contributed by atoms with Crippen LogP contribution in [0, 0.1) is 0 Å². The van der Waals surface area contributed by atoms with Crippen LogP contribution in [0.1, 0.15) is 17.2 Å². The monoisotopic (exact) mass is 400 g/mol. The van der Waals surface area contributed by atoms with Crippen LogP contribution < -0.4 is 9.47 Å². The SMILES string of the molecule is COc1ccc(COC[C@H](O)CN2CCN(C)C[C@@H]2c2ccccc2)cc1OC. The number of hydrogen-bond acceptors (Lipinski definition) is 6. The van der Waals surface area contributed by atoms with Gasteiger partial charge >= 0.3 is 0 Å². The van der Waals surface area contributed by atoms with Gasteiger partial charge in [0.2, 0.25) is 0 Å². The van der Waals surface area contributed by atoms with Crippen molar-refractivity contribution in [3.8, 4) is 11.5 Å². The van der Waals surface area contributed by atoms with Crippen molar-refractivity contribution in [2.45, 2.75) is 18.8 Å². The van der Waals surface area contributed by atoms with Crippen LogP contribution in [-0.4, -0.2) is 75.1 Å². The molecule has 29 heavy (non-hydrogen) atoms. The number of nitrogens with zero attached hydrogens (tertiary/aromatic N) is 2. The molecule has 2 atom stereocenters. The zero-order valence-corrected chi connectivity index (χ0v) is 17.6. The van der Waals surface area contributed by atoms with Crippen LogP contribution in [0.15, 0.2) is 48.5 Å². The Morgan fingerprint density at radius 2 is 1.79 bits per heavy atom. The first kappa shape index (κ1) is 21.6. The predicted molar refractivity (Wildman–Crippen MR) is 113 cm³/mol. The lowest BCUT2D eigenvalue weighted by Gasteiger charge is -2.41. The first-order chi connectivity index (χ1) is 14.1. The number of aliphatic hydroxyl groups excluding tert-OH is 1. The molecule has 1 aliphatic heterocycles. The molecule has 1 fully saturated rings. The molecule has 0 unspecified atom stereocenters. The maximum Gasteiger partial charge on any atom is 0.161 e. The van der Waals surface area contributed by atoms with Gasteiger partial charge in [-0.2, -0.15) is 0 Å². The van der Waals surface area contributed by atoms with Gasteiger partial charge in [-0.05, 0) is 30.3 Å². The molecule has 0 amide bonds. The van der Waals surface area contributed by atoms with Crippen molar-refractivity contribution in [2.75, 3.05) is 54.1 Å². The highest BCUT2D eigenvalue weighted by Gasteiger charge is 2.28. The molecule has 158 valence electrons. The summed E-state index contributed by atoms with van der Waals surface area (Å²) in [6.45, 7) is 4.21. The third kappa shape index (κ3) is 5.93. The van der Waals surface area contributed by atoms with Crippen LogP contribution in [0.3, 0.4) is 0 Å². The van der Waals surface area contributed by atoms with Crippen molar-refractivity contribution < 1.29 is 19.3 Å². The number of likely N-dealkylation sites (N-methyl/N-ethyl adjacent to an activating group) is 1. The summed E-state index contributed by atoms with van der Waals surface area (Å²) in [6, 6.07) is 16.5. The minimum absolute atomic E-state index is 0.287. The highest BCUT2D eigenvalue weighted by molar-refractivity contribution is 5.42. The van der Waals surface area contributed by atoms with E-state index in [2.05, 4.69) is 41.1 Å². The number of β-amino-alcohol motifs (C(OH)–C–C–N with tert-alkyl or cyclic N) is 1. The summed E-state index contributed by atoms with van der Waals surface area (Å²) in [5.74, 6) is 1.37. The topological polar surface area (TPSA) is 54.4 Å². The van der Waals surface area contributed by atoms with Crippen molar-refractivity contribution >= 4 is 0 Å². The Morgan fingerprint density at radius 1 is 1.03 bits per heavy atom. The number of piperazine rings is 1. The summed E-state index contributed by atoms with van der Waals surface area (Å²) >= 11 is 0. The van der Waals surface area contributed by atoms with E-state index >= 15 is 0 Å². The van der Waals surface area contributed by atoms with Crippen LogP contribution in [0.25, 0.3) is 0 Å². The average Bonchev–Trinajstić information content (AvgIpc) is 2.75. The zero-order chi connectivity index (χ0) is 20.6. The molecule has 3 rings (SSSR count). The summed E-state index contributed by atoms with van der Waals surface area (Å²) < 4.78 is 16.4. The normalized spacial score (nSPS) is 19.1. The van der Waals surface area contributed by atoms with Gasteiger partial charge < -0.3 is 24.2 Å². The zero-order valence-electron chi connectivity index (χ0n) is 17.6. The van der Waals surface area contributed by atoms with Gasteiger partial charge in [-0.25, -0.2) is 0 Å². The molecule has 1 heterocycles. The molecule has 0 radical (unpaired) electrons. The Kier molecular flexibility index (Phi) is 7.89. The molecule has 1 saturated heterocycles. The molecule has 6 nitrogen and oxygen atoms in total. The van der Waals surface area contributed by atoms with Crippen molar-refractivity contribution in [3.63, 3.8) is 0 Å². The number of rotatable bonds is 9. The van der Waals surface area contributed by atoms with Crippen LogP contribution in [0.2, 0.25) is 0 Å². The van der Waals surface area contributed by atoms with E-state index in [1.54, 1.807) is 14.2 Å². The number of ether oxygens (including phenoxy) is 3. The first-order valence-corrected chi connectivity index (χ1v) is 10.0. The van der Waals surface area contributed by atoms with Crippen LogP contribution in [-0.2, 0) is 11.3 Å². The molecular weight excluding hydrogens is 368 g/mol. The summed E-state index contributed by atoms with van der Waals surface area (Å²) in [5, 5.41) is 10.6. The molecule has 0 bridgehead atoms. The average molecular weight is 401 g/mol. The van der Waals surface area contributed by atoms with E-state index in [-0.39, 0.29) is 6.04 Å². The van der Waals surface area contributed by atoms with Gasteiger partial charge in [0.15, 0.2) is 11.5 Å². The van der Waals surface area contributed by atoms with E-state index in [0.717, 1.165) is 25.2 Å². The molecule has 0 saturated carbocycles. The molecule has 2 aromatic rings. The Balaban J connectivity index is 1.52. The lowest BCUT2D eigenvalue weighted by molar-refractivity contribution is -0.0116. The minimum Gasteiger partial charge on any atom is -0.493 e. The van der Waals surface area contributed by atoms with E-state index in [1.807, 2.05) is 24.3 Å². The molecule has 1 N–H and O–H groups in total. The van der Waals surface area contributed by atoms with E-state index in [9.17, 15) is 5.11 Å². The quantitative estimate of drug-likeness (QED) is 0.698. The molecule has 0 aliphatic carbocycles. The lowest BCUT2D eigenvalue weighted by atomic mass is 10.0. The Labute approximate surface area is 173 Å². The lowest BCUT2D eigenvalue weighted by Crippen LogP contribution is -2.49. The van der Waals surface area contributed by atoms with Gasteiger partial charge in [0, 0.05) is 32.2 Å². The fourth-order valence-corrected chi connectivity index (χ4v) is 3.77. The van der Waals surface area contributed by atoms with E-state index in [1.165, 1.54) is 5.56 Å². The summed E-state index contributed by atoms with van der Waals surface area (Å²) in [6.07, 6.45) is -0.537. The maximum atomic E-state index is 10.6. The van der Waals surface area contributed by atoms with E-state index in [0.29, 0.717) is 31.3 Å². The van der Waals surface area contributed by atoms with Gasteiger partial charge in [0.05, 0.1) is 33.5 Å². The standard InChI is InChI=1S/C23H32N2O4/c1-24-11-12-25(21(15-24)19-7-5-4-6-8-19)14-20(26)17-29-16-18-9-10-22(27-2)23(13-18)28-3/h4-10,13,20-21,26H,11-12,14-17H2,1-3H3/t20-,21-/m1/s1. The van der Waals surface area contributed by atoms with Crippen LogP contribution >= 0.6 is 0 Å². The Bertz CT molecular complexity index is 756. The first-order valence-electron chi connectivity index (χ1n) is 10.0. The van der Waals surface area contributed by atoms with Crippen molar-refractivity contribution in [1.82, 2.24) is 9.80 Å². The summed E-state index contributed by atoms with van der Waals surface area (Å²) in [5.41, 5.74) is 2.27. The Morgan fingerprint density at radius 3 is 2.52 bits per heavy atom. The second-order valence-electron chi connectivity index (χ2n) is 7.54. The molecule has 0 spiro atoms. The second kappa shape index (κ2) is 10.6. The highest BCUT2D eigenvalue weighted by atomic mass is 16.5.